The molecule has 0 saturated carbocycles. The summed E-state index contributed by atoms with van der Waals surface area (Å²) in [6, 6.07) is 2.32. The van der Waals surface area contributed by atoms with Crippen molar-refractivity contribution < 1.29 is 0 Å². The standard InChI is InChI=1S/C13H17N3S/c1-9-4-5-10-11(7-14)13(15-8-16(2)3)17-12(10)6-9/h8-9H,4-6H2,1-3H3/b15-8+. The topological polar surface area (TPSA) is 39.4 Å². The summed E-state index contributed by atoms with van der Waals surface area (Å²) in [6.45, 7) is 2.28. The lowest BCUT2D eigenvalue weighted by atomic mass is 9.89. The lowest BCUT2D eigenvalue weighted by molar-refractivity contribution is 0.507. The molecule has 2 rings (SSSR count). The van der Waals surface area contributed by atoms with Crippen molar-refractivity contribution in [2.24, 2.45) is 10.9 Å². The van der Waals surface area contributed by atoms with Crippen LogP contribution in [0.2, 0.25) is 0 Å². The van der Waals surface area contributed by atoms with Gasteiger partial charge in [-0.25, -0.2) is 4.99 Å². The highest BCUT2D eigenvalue weighted by molar-refractivity contribution is 7.16. The Bertz CT molecular complexity index is 480. The number of hydrogen-bond donors (Lipinski definition) is 0. The van der Waals surface area contributed by atoms with Gasteiger partial charge >= 0.3 is 0 Å². The van der Waals surface area contributed by atoms with E-state index in [0.717, 1.165) is 29.3 Å². The monoisotopic (exact) mass is 247 g/mol. The van der Waals surface area contributed by atoms with Crippen LogP contribution in [0, 0.1) is 17.2 Å². The normalized spacial score (nSPS) is 19.1. The lowest BCUT2D eigenvalue weighted by Gasteiger charge is -2.17. The van der Waals surface area contributed by atoms with Crippen molar-refractivity contribution in [1.82, 2.24) is 4.90 Å². The molecule has 0 N–H and O–H groups in total. The van der Waals surface area contributed by atoms with Gasteiger partial charge in [0.1, 0.15) is 11.1 Å². The van der Waals surface area contributed by atoms with Gasteiger partial charge in [0.05, 0.1) is 11.9 Å². The first-order valence-corrected chi connectivity index (χ1v) is 6.68. The third kappa shape index (κ3) is 2.50. The van der Waals surface area contributed by atoms with Gasteiger partial charge in [0.2, 0.25) is 0 Å². The summed E-state index contributed by atoms with van der Waals surface area (Å²) in [5.74, 6) is 0.735. The zero-order valence-electron chi connectivity index (χ0n) is 10.5. The predicted octanol–water partition coefficient (Wildman–Crippen LogP) is 2.97. The molecular formula is C13H17N3S. The third-order valence-electron chi connectivity index (χ3n) is 3.01. The smallest absolute Gasteiger partial charge is 0.136 e. The molecule has 1 aliphatic rings. The van der Waals surface area contributed by atoms with Crippen LogP contribution in [0.5, 0.6) is 0 Å². The highest BCUT2D eigenvalue weighted by Crippen LogP contribution is 2.40. The van der Waals surface area contributed by atoms with E-state index in [-0.39, 0.29) is 0 Å². The van der Waals surface area contributed by atoms with Crippen molar-refractivity contribution in [1.29, 1.82) is 5.26 Å². The number of rotatable bonds is 2. The molecule has 0 radical (unpaired) electrons. The van der Waals surface area contributed by atoms with Crippen LogP contribution in [0.25, 0.3) is 0 Å². The van der Waals surface area contributed by atoms with Gasteiger partial charge in [-0.15, -0.1) is 11.3 Å². The Morgan fingerprint density at radius 1 is 1.53 bits per heavy atom. The van der Waals surface area contributed by atoms with E-state index in [4.69, 9.17) is 0 Å². The summed E-state index contributed by atoms with van der Waals surface area (Å²) in [4.78, 5) is 7.66. The van der Waals surface area contributed by atoms with E-state index in [2.05, 4.69) is 18.0 Å². The number of fused-ring (bicyclic) bond motifs is 1. The quantitative estimate of drug-likeness (QED) is 0.595. The van der Waals surface area contributed by atoms with E-state index in [1.807, 2.05) is 19.0 Å². The molecule has 1 aromatic rings. The van der Waals surface area contributed by atoms with E-state index in [0.29, 0.717) is 0 Å². The summed E-state index contributed by atoms with van der Waals surface area (Å²) in [5, 5.41) is 10.1. The molecule has 1 heterocycles. The molecule has 0 spiro atoms. The van der Waals surface area contributed by atoms with Gasteiger partial charge in [0.15, 0.2) is 0 Å². The number of thiophene rings is 1. The van der Waals surface area contributed by atoms with Crippen LogP contribution >= 0.6 is 11.3 Å². The van der Waals surface area contributed by atoms with E-state index in [9.17, 15) is 5.26 Å². The minimum atomic E-state index is 0.735. The molecule has 90 valence electrons. The summed E-state index contributed by atoms with van der Waals surface area (Å²) in [7, 11) is 3.87. The Labute approximate surface area is 106 Å². The predicted molar refractivity (Wildman–Crippen MR) is 72.1 cm³/mol. The maximum absolute atomic E-state index is 9.26. The van der Waals surface area contributed by atoms with Gasteiger partial charge in [-0.1, -0.05) is 6.92 Å². The molecular weight excluding hydrogens is 230 g/mol. The first-order chi connectivity index (χ1) is 8.11. The van der Waals surface area contributed by atoms with Gasteiger partial charge in [0, 0.05) is 19.0 Å². The van der Waals surface area contributed by atoms with Crippen molar-refractivity contribution in [3.05, 3.63) is 16.0 Å². The number of nitriles is 1. The molecule has 0 fully saturated rings. The van der Waals surface area contributed by atoms with Crippen LogP contribution < -0.4 is 0 Å². The SMILES string of the molecule is CC1CCc2c(sc(/N=C/N(C)C)c2C#N)C1. The Hall–Kier alpha value is -1.34. The lowest BCUT2D eigenvalue weighted by Crippen LogP contribution is -2.09. The molecule has 3 nitrogen and oxygen atoms in total. The number of nitrogens with zero attached hydrogens (tertiary/aromatic N) is 3. The van der Waals surface area contributed by atoms with Crippen LogP contribution in [0.4, 0.5) is 5.00 Å². The van der Waals surface area contributed by atoms with Gasteiger partial charge < -0.3 is 4.90 Å². The molecule has 4 heteroatoms. The van der Waals surface area contributed by atoms with Crippen molar-refractivity contribution in [3.8, 4) is 6.07 Å². The summed E-state index contributed by atoms with van der Waals surface area (Å²) >= 11 is 1.69. The molecule has 1 aromatic heterocycles. The molecule has 17 heavy (non-hydrogen) atoms. The van der Waals surface area contributed by atoms with E-state index in [1.54, 1.807) is 17.7 Å². The molecule has 0 aliphatic heterocycles. The molecule has 0 bridgehead atoms. The fourth-order valence-electron chi connectivity index (χ4n) is 2.11. The molecule has 1 unspecified atom stereocenters. The second kappa shape index (κ2) is 4.89. The molecule has 1 atom stereocenters. The fraction of sp³-hybridized carbons (Fsp3) is 0.538. The van der Waals surface area contributed by atoms with Crippen molar-refractivity contribution in [2.75, 3.05) is 14.1 Å². The van der Waals surface area contributed by atoms with Crippen LogP contribution in [-0.4, -0.2) is 25.3 Å². The first kappa shape index (κ1) is 12.1. The maximum Gasteiger partial charge on any atom is 0.136 e. The van der Waals surface area contributed by atoms with Gasteiger partial charge in [-0.2, -0.15) is 5.26 Å². The Morgan fingerprint density at radius 2 is 2.29 bits per heavy atom. The van der Waals surface area contributed by atoms with Crippen molar-refractivity contribution in [2.45, 2.75) is 26.2 Å². The highest BCUT2D eigenvalue weighted by atomic mass is 32.1. The minimum absolute atomic E-state index is 0.735. The molecule has 1 aliphatic carbocycles. The zero-order chi connectivity index (χ0) is 12.4. The second-order valence-corrected chi connectivity index (χ2v) is 5.94. The number of hydrogen-bond acceptors (Lipinski definition) is 3. The fourth-order valence-corrected chi connectivity index (χ4v) is 3.41. The van der Waals surface area contributed by atoms with Crippen LogP contribution in [0.1, 0.15) is 29.3 Å². The Balaban J connectivity index is 2.38. The minimum Gasteiger partial charge on any atom is -0.369 e. The maximum atomic E-state index is 9.26. The van der Waals surface area contributed by atoms with Crippen LogP contribution in [0.15, 0.2) is 4.99 Å². The second-order valence-electron chi connectivity index (χ2n) is 4.85. The van der Waals surface area contributed by atoms with E-state index in [1.165, 1.54) is 16.9 Å². The zero-order valence-corrected chi connectivity index (χ0v) is 11.3. The molecule has 0 saturated heterocycles. The Morgan fingerprint density at radius 3 is 2.94 bits per heavy atom. The van der Waals surface area contributed by atoms with Crippen LogP contribution in [0.3, 0.4) is 0 Å². The summed E-state index contributed by atoms with van der Waals surface area (Å²) in [6.07, 6.45) is 5.09. The van der Waals surface area contributed by atoms with Gasteiger partial charge in [0.25, 0.3) is 0 Å². The van der Waals surface area contributed by atoms with Crippen molar-refractivity contribution in [3.63, 3.8) is 0 Å². The van der Waals surface area contributed by atoms with E-state index < -0.39 is 0 Å². The molecule has 0 aromatic carbocycles. The van der Waals surface area contributed by atoms with Crippen LogP contribution in [-0.2, 0) is 12.8 Å². The molecule has 0 amide bonds. The number of aliphatic imine (C=N–C) groups is 1. The van der Waals surface area contributed by atoms with Crippen molar-refractivity contribution >= 4 is 22.7 Å². The first-order valence-electron chi connectivity index (χ1n) is 5.87. The Kier molecular flexibility index (Phi) is 3.49. The van der Waals surface area contributed by atoms with Gasteiger partial charge in [-0.05, 0) is 30.7 Å². The third-order valence-corrected chi connectivity index (χ3v) is 4.17. The average Bonchev–Trinajstić information content (AvgIpc) is 2.62. The summed E-state index contributed by atoms with van der Waals surface area (Å²) in [5.41, 5.74) is 2.05. The highest BCUT2D eigenvalue weighted by Gasteiger charge is 2.23. The average molecular weight is 247 g/mol. The van der Waals surface area contributed by atoms with Gasteiger partial charge in [-0.3, -0.25) is 0 Å². The largest absolute Gasteiger partial charge is 0.369 e. The van der Waals surface area contributed by atoms with E-state index >= 15 is 0 Å². The summed E-state index contributed by atoms with van der Waals surface area (Å²) < 4.78 is 0.